The SMILES string of the molecule is Cc1nc(NC(=O)c2ccc(COc3ccccc3)o2)sc1Cc1ccc(F)cc1. The van der Waals surface area contributed by atoms with E-state index in [9.17, 15) is 9.18 Å². The van der Waals surface area contributed by atoms with Gasteiger partial charge in [0, 0.05) is 11.3 Å². The highest BCUT2D eigenvalue weighted by molar-refractivity contribution is 7.15. The van der Waals surface area contributed by atoms with Crippen molar-refractivity contribution in [2.45, 2.75) is 20.0 Å². The summed E-state index contributed by atoms with van der Waals surface area (Å²) >= 11 is 1.39. The van der Waals surface area contributed by atoms with Gasteiger partial charge in [-0.2, -0.15) is 0 Å². The van der Waals surface area contributed by atoms with Crippen molar-refractivity contribution in [2.75, 3.05) is 5.32 Å². The molecule has 0 saturated heterocycles. The van der Waals surface area contributed by atoms with E-state index < -0.39 is 0 Å². The molecule has 0 atom stereocenters. The number of aryl methyl sites for hydroxylation is 1. The first kappa shape index (κ1) is 19.8. The Balaban J connectivity index is 1.37. The van der Waals surface area contributed by atoms with Crippen molar-refractivity contribution < 1.29 is 18.3 Å². The first-order chi connectivity index (χ1) is 14.6. The molecule has 1 amide bonds. The molecule has 5 nitrogen and oxygen atoms in total. The van der Waals surface area contributed by atoms with Crippen molar-refractivity contribution in [3.8, 4) is 5.75 Å². The lowest BCUT2D eigenvalue weighted by Gasteiger charge is -2.03. The average Bonchev–Trinajstić information content (AvgIpc) is 3.36. The number of nitrogens with one attached hydrogen (secondary N) is 1. The van der Waals surface area contributed by atoms with E-state index in [0.717, 1.165) is 21.9 Å². The largest absolute Gasteiger partial charge is 0.486 e. The van der Waals surface area contributed by atoms with Crippen LogP contribution in [-0.2, 0) is 13.0 Å². The molecular weight excluding hydrogens is 403 g/mol. The Morgan fingerprint density at radius 1 is 1.10 bits per heavy atom. The number of benzene rings is 2. The molecule has 4 rings (SSSR count). The number of ether oxygens (including phenoxy) is 1. The Hall–Kier alpha value is -3.45. The molecule has 0 aliphatic rings. The third kappa shape index (κ3) is 4.93. The zero-order valence-corrected chi connectivity index (χ0v) is 17.0. The zero-order chi connectivity index (χ0) is 20.9. The fourth-order valence-corrected chi connectivity index (χ4v) is 3.83. The van der Waals surface area contributed by atoms with Crippen molar-refractivity contribution in [2.24, 2.45) is 0 Å². The Morgan fingerprint density at radius 3 is 2.63 bits per heavy atom. The van der Waals surface area contributed by atoms with Gasteiger partial charge in [0.25, 0.3) is 5.91 Å². The number of carbonyl (C=O) groups is 1. The van der Waals surface area contributed by atoms with Gasteiger partial charge in [0.15, 0.2) is 10.9 Å². The van der Waals surface area contributed by atoms with Gasteiger partial charge >= 0.3 is 0 Å². The van der Waals surface area contributed by atoms with E-state index >= 15 is 0 Å². The van der Waals surface area contributed by atoms with Gasteiger partial charge in [-0.25, -0.2) is 9.37 Å². The second-order valence-electron chi connectivity index (χ2n) is 6.65. The molecular formula is C23H19FN2O3S. The van der Waals surface area contributed by atoms with E-state index in [1.54, 1.807) is 24.3 Å². The normalized spacial score (nSPS) is 10.7. The molecule has 2 aromatic heterocycles. The molecule has 0 fully saturated rings. The lowest BCUT2D eigenvalue weighted by Crippen LogP contribution is -2.10. The Morgan fingerprint density at radius 2 is 1.87 bits per heavy atom. The lowest BCUT2D eigenvalue weighted by atomic mass is 10.1. The summed E-state index contributed by atoms with van der Waals surface area (Å²) in [6.45, 7) is 2.12. The Labute approximate surface area is 177 Å². The van der Waals surface area contributed by atoms with Gasteiger partial charge in [0.05, 0.1) is 5.69 Å². The molecule has 30 heavy (non-hydrogen) atoms. The number of carbonyl (C=O) groups excluding carboxylic acids is 1. The van der Waals surface area contributed by atoms with Crippen molar-refractivity contribution in [3.63, 3.8) is 0 Å². The van der Waals surface area contributed by atoms with Gasteiger partial charge in [-0.3, -0.25) is 10.1 Å². The molecule has 2 aromatic carbocycles. The van der Waals surface area contributed by atoms with Crippen LogP contribution in [0.1, 0.15) is 32.4 Å². The number of halogens is 1. The van der Waals surface area contributed by atoms with Gasteiger partial charge in [-0.05, 0) is 48.9 Å². The summed E-state index contributed by atoms with van der Waals surface area (Å²) in [5, 5.41) is 3.27. The van der Waals surface area contributed by atoms with Crippen molar-refractivity contribution in [1.29, 1.82) is 0 Å². The smallest absolute Gasteiger partial charge is 0.293 e. The van der Waals surface area contributed by atoms with Gasteiger partial charge in [-0.1, -0.05) is 30.3 Å². The minimum absolute atomic E-state index is 0.189. The van der Waals surface area contributed by atoms with E-state index in [-0.39, 0.29) is 24.1 Å². The number of hydrogen-bond donors (Lipinski definition) is 1. The maximum atomic E-state index is 13.1. The molecule has 0 unspecified atom stereocenters. The molecule has 1 N–H and O–H groups in total. The molecule has 7 heteroatoms. The number of thiazole rings is 1. The molecule has 152 valence electrons. The summed E-state index contributed by atoms with van der Waals surface area (Å²) in [6, 6.07) is 19.1. The van der Waals surface area contributed by atoms with E-state index in [2.05, 4.69) is 10.3 Å². The molecule has 0 radical (unpaired) electrons. The maximum absolute atomic E-state index is 13.1. The van der Waals surface area contributed by atoms with Crippen molar-refractivity contribution in [1.82, 2.24) is 4.98 Å². The topological polar surface area (TPSA) is 64.4 Å². The highest BCUT2D eigenvalue weighted by Crippen LogP contribution is 2.26. The Bertz CT molecular complexity index is 1140. The summed E-state index contributed by atoms with van der Waals surface area (Å²) < 4.78 is 24.3. The molecule has 2 heterocycles. The van der Waals surface area contributed by atoms with Gasteiger partial charge in [0.1, 0.15) is 23.9 Å². The lowest BCUT2D eigenvalue weighted by molar-refractivity contribution is 0.0992. The predicted molar refractivity (Wildman–Crippen MR) is 113 cm³/mol. The van der Waals surface area contributed by atoms with Crippen LogP contribution < -0.4 is 10.1 Å². The van der Waals surface area contributed by atoms with Gasteiger partial charge in [0.2, 0.25) is 0 Å². The fraction of sp³-hybridized carbons (Fsp3) is 0.130. The van der Waals surface area contributed by atoms with E-state index in [1.165, 1.54) is 23.5 Å². The van der Waals surface area contributed by atoms with Crippen LogP contribution in [0.2, 0.25) is 0 Å². The van der Waals surface area contributed by atoms with E-state index in [0.29, 0.717) is 17.3 Å². The van der Waals surface area contributed by atoms with E-state index in [1.807, 2.05) is 37.3 Å². The number of aromatic nitrogens is 1. The molecule has 0 aliphatic heterocycles. The van der Waals surface area contributed by atoms with Crippen LogP contribution >= 0.6 is 11.3 Å². The van der Waals surface area contributed by atoms with Crippen LogP contribution in [0, 0.1) is 12.7 Å². The number of nitrogens with zero attached hydrogens (tertiary/aromatic N) is 1. The second kappa shape index (κ2) is 8.92. The summed E-state index contributed by atoms with van der Waals surface area (Å²) in [5.74, 6) is 0.834. The van der Waals surface area contributed by atoms with Crippen LogP contribution in [0.15, 0.2) is 71.1 Å². The summed E-state index contributed by atoms with van der Waals surface area (Å²) in [4.78, 5) is 17.9. The maximum Gasteiger partial charge on any atom is 0.293 e. The Kier molecular flexibility index (Phi) is 5.90. The predicted octanol–water partition coefficient (Wildman–Crippen LogP) is 5.61. The minimum Gasteiger partial charge on any atom is -0.486 e. The first-order valence-corrected chi connectivity index (χ1v) is 10.2. The monoisotopic (exact) mass is 422 g/mol. The quantitative estimate of drug-likeness (QED) is 0.421. The fourth-order valence-electron chi connectivity index (χ4n) is 2.84. The van der Waals surface area contributed by atoms with Gasteiger partial charge < -0.3 is 9.15 Å². The number of amides is 1. The number of anilines is 1. The highest BCUT2D eigenvalue weighted by Gasteiger charge is 2.15. The van der Waals surface area contributed by atoms with Gasteiger partial charge in [-0.15, -0.1) is 11.3 Å². The third-order valence-corrected chi connectivity index (χ3v) is 5.47. The highest BCUT2D eigenvalue weighted by atomic mass is 32.1. The summed E-state index contributed by atoms with van der Waals surface area (Å²) in [5.41, 5.74) is 1.81. The molecule has 0 aliphatic carbocycles. The third-order valence-electron chi connectivity index (χ3n) is 4.40. The second-order valence-corrected chi connectivity index (χ2v) is 7.74. The number of rotatable bonds is 7. The summed E-state index contributed by atoms with van der Waals surface area (Å²) in [6.07, 6.45) is 0.626. The molecule has 4 aromatic rings. The zero-order valence-electron chi connectivity index (χ0n) is 16.2. The van der Waals surface area contributed by atoms with E-state index in [4.69, 9.17) is 9.15 Å². The van der Waals surface area contributed by atoms with Crippen LogP contribution in [0.25, 0.3) is 0 Å². The summed E-state index contributed by atoms with van der Waals surface area (Å²) in [7, 11) is 0. The number of furan rings is 1. The number of hydrogen-bond acceptors (Lipinski definition) is 5. The average molecular weight is 422 g/mol. The molecule has 0 saturated carbocycles. The molecule has 0 bridgehead atoms. The van der Waals surface area contributed by atoms with Crippen molar-refractivity contribution in [3.05, 3.63) is 100 Å². The van der Waals surface area contributed by atoms with Crippen LogP contribution in [0.3, 0.4) is 0 Å². The standard InChI is InChI=1S/C23H19FN2O3S/c1-15-21(13-16-7-9-17(24)10-8-16)30-23(25-15)26-22(27)20-12-11-19(29-20)14-28-18-5-3-2-4-6-18/h2-12H,13-14H2,1H3,(H,25,26,27). The van der Waals surface area contributed by atoms with Crippen molar-refractivity contribution >= 4 is 22.4 Å². The molecule has 0 spiro atoms. The first-order valence-electron chi connectivity index (χ1n) is 9.35. The van der Waals surface area contributed by atoms with Crippen LogP contribution in [0.4, 0.5) is 9.52 Å². The van der Waals surface area contributed by atoms with Crippen LogP contribution in [0.5, 0.6) is 5.75 Å². The number of para-hydroxylation sites is 1. The van der Waals surface area contributed by atoms with Crippen LogP contribution in [-0.4, -0.2) is 10.9 Å². The minimum atomic E-state index is -0.372.